The van der Waals surface area contributed by atoms with Crippen LogP contribution in [0.2, 0.25) is 0 Å². The van der Waals surface area contributed by atoms with Gasteiger partial charge in [-0.05, 0) is 43.7 Å². The Hall–Kier alpha value is -0.590. The molecule has 0 saturated carbocycles. The number of nitrogens with two attached hydrogens (primary N) is 1. The van der Waals surface area contributed by atoms with Crippen LogP contribution in [0.1, 0.15) is 12.8 Å². The summed E-state index contributed by atoms with van der Waals surface area (Å²) in [7, 11) is -3.24. The monoisotopic (exact) mass is 306 g/mol. The molecule has 0 atom stereocenters. The topological polar surface area (TPSA) is 72.2 Å². The van der Waals surface area contributed by atoms with Gasteiger partial charge in [-0.1, -0.05) is 15.9 Å². The second-order valence-corrected chi connectivity index (χ2v) is 6.18. The van der Waals surface area contributed by atoms with Gasteiger partial charge in [0, 0.05) is 10.2 Å². The van der Waals surface area contributed by atoms with Crippen LogP contribution in [0.3, 0.4) is 0 Å². The highest BCUT2D eigenvalue weighted by atomic mass is 79.9. The number of hydrogen-bond donors (Lipinski definition) is 2. The number of hydrogen-bond acceptors (Lipinski definition) is 3. The maximum absolute atomic E-state index is 11.6. The predicted octanol–water partition coefficient (Wildman–Crippen LogP) is 1.93. The van der Waals surface area contributed by atoms with Crippen molar-refractivity contribution >= 4 is 31.6 Å². The molecule has 0 aliphatic heterocycles. The number of halogens is 1. The van der Waals surface area contributed by atoms with Crippen LogP contribution in [0.15, 0.2) is 28.7 Å². The SMILES string of the molecule is NCCCCS(=O)(=O)Nc1ccc(Br)cc1. The average Bonchev–Trinajstić information content (AvgIpc) is 2.21. The maximum atomic E-state index is 11.6. The van der Waals surface area contributed by atoms with Gasteiger partial charge in [-0.15, -0.1) is 0 Å². The predicted molar refractivity (Wildman–Crippen MR) is 69.8 cm³/mol. The number of benzene rings is 1. The Morgan fingerprint density at radius 1 is 1.19 bits per heavy atom. The van der Waals surface area contributed by atoms with Crippen LogP contribution in [0, 0.1) is 0 Å². The molecule has 0 heterocycles. The van der Waals surface area contributed by atoms with E-state index in [1.54, 1.807) is 24.3 Å². The molecule has 0 bridgehead atoms. The van der Waals surface area contributed by atoms with Gasteiger partial charge in [0.1, 0.15) is 0 Å². The Morgan fingerprint density at radius 3 is 2.38 bits per heavy atom. The van der Waals surface area contributed by atoms with E-state index in [0.717, 1.165) is 10.9 Å². The molecule has 0 aliphatic rings. The molecule has 0 aliphatic carbocycles. The summed E-state index contributed by atoms with van der Waals surface area (Å²) in [5, 5.41) is 0. The van der Waals surface area contributed by atoms with Crippen molar-refractivity contribution in [3.8, 4) is 0 Å². The molecule has 0 saturated heterocycles. The van der Waals surface area contributed by atoms with Crippen LogP contribution in [0.5, 0.6) is 0 Å². The van der Waals surface area contributed by atoms with Crippen LogP contribution in [0.4, 0.5) is 5.69 Å². The first-order valence-corrected chi connectivity index (χ1v) is 7.44. The Kier molecular flexibility index (Phi) is 5.24. The maximum Gasteiger partial charge on any atom is 0.232 e. The standard InChI is InChI=1S/C10H15BrN2O2S/c11-9-3-5-10(6-4-9)13-16(14,15)8-2-1-7-12/h3-6,13H,1-2,7-8,12H2. The van der Waals surface area contributed by atoms with Crippen molar-refractivity contribution in [1.82, 2.24) is 0 Å². The minimum Gasteiger partial charge on any atom is -0.330 e. The van der Waals surface area contributed by atoms with Gasteiger partial charge in [0.05, 0.1) is 5.75 Å². The summed E-state index contributed by atoms with van der Waals surface area (Å²) in [4.78, 5) is 0. The fourth-order valence-electron chi connectivity index (χ4n) is 1.18. The van der Waals surface area contributed by atoms with Gasteiger partial charge in [-0.2, -0.15) is 0 Å². The normalized spacial score (nSPS) is 11.4. The number of nitrogens with one attached hydrogen (secondary N) is 1. The van der Waals surface area contributed by atoms with Crippen molar-refractivity contribution in [1.29, 1.82) is 0 Å². The van der Waals surface area contributed by atoms with Crippen molar-refractivity contribution in [2.45, 2.75) is 12.8 Å². The highest BCUT2D eigenvalue weighted by Gasteiger charge is 2.09. The molecule has 1 aromatic rings. The zero-order chi connectivity index (χ0) is 12.0. The first-order valence-electron chi connectivity index (χ1n) is 4.99. The van der Waals surface area contributed by atoms with E-state index in [2.05, 4.69) is 20.7 Å². The smallest absolute Gasteiger partial charge is 0.232 e. The molecular formula is C10H15BrN2O2S. The van der Waals surface area contributed by atoms with E-state index in [4.69, 9.17) is 5.73 Å². The summed E-state index contributed by atoms with van der Waals surface area (Å²) in [6, 6.07) is 7.00. The van der Waals surface area contributed by atoms with Gasteiger partial charge in [0.2, 0.25) is 10.0 Å². The number of rotatable bonds is 6. The van der Waals surface area contributed by atoms with Crippen molar-refractivity contribution < 1.29 is 8.42 Å². The first-order chi connectivity index (χ1) is 7.53. The summed E-state index contributed by atoms with van der Waals surface area (Å²) in [6.07, 6.45) is 1.31. The van der Waals surface area contributed by atoms with Gasteiger partial charge < -0.3 is 5.73 Å². The summed E-state index contributed by atoms with van der Waals surface area (Å²) in [5.41, 5.74) is 5.89. The Labute approximate surface area is 104 Å². The van der Waals surface area contributed by atoms with Gasteiger partial charge >= 0.3 is 0 Å². The molecular weight excluding hydrogens is 292 g/mol. The number of sulfonamides is 1. The number of unbranched alkanes of at least 4 members (excludes halogenated alkanes) is 1. The molecule has 0 amide bonds. The lowest BCUT2D eigenvalue weighted by Crippen LogP contribution is -2.17. The van der Waals surface area contributed by atoms with Crippen molar-refractivity contribution in [3.05, 3.63) is 28.7 Å². The Balaban J connectivity index is 2.55. The lowest BCUT2D eigenvalue weighted by atomic mass is 10.3. The largest absolute Gasteiger partial charge is 0.330 e. The van der Waals surface area contributed by atoms with Gasteiger partial charge in [0.25, 0.3) is 0 Å². The minimum atomic E-state index is -3.24. The third kappa shape index (κ3) is 4.96. The molecule has 0 spiro atoms. The van der Waals surface area contributed by atoms with Crippen molar-refractivity contribution in [3.63, 3.8) is 0 Å². The van der Waals surface area contributed by atoms with E-state index in [9.17, 15) is 8.42 Å². The van der Waals surface area contributed by atoms with Crippen LogP contribution in [-0.2, 0) is 10.0 Å². The average molecular weight is 307 g/mol. The van der Waals surface area contributed by atoms with E-state index < -0.39 is 10.0 Å². The second-order valence-electron chi connectivity index (χ2n) is 3.42. The van der Waals surface area contributed by atoms with Gasteiger partial charge in [0.15, 0.2) is 0 Å². The summed E-state index contributed by atoms with van der Waals surface area (Å²) < 4.78 is 26.6. The lowest BCUT2D eigenvalue weighted by Gasteiger charge is -2.07. The zero-order valence-corrected chi connectivity index (χ0v) is 11.2. The highest BCUT2D eigenvalue weighted by molar-refractivity contribution is 9.10. The van der Waals surface area contributed by atoms with Crippen LogP contribution < -0.4 is 10.5 Å². The highest BCUT2D eigenvalue weighted by Crippen LogP contribution is 2.15. The quantitative estimate of drug-likeness (QED) is 0.789. The Morgan fingerprint density at radius 2 is 1.81 bits per heavy atom. The van der Waals surface area contributed by atoms with E-state index in [1.165, 1.54) is 0 Å². The van der Waals surface area contributed by atoms with Gasteiger partial charge in [-0.3, -0.25) is 4.72 Å². The van der Waals surface area contributed by atoms with Crippen molar-refractivity contribution in [2.75, 3.05) is 17.0 Å². The first kappa shape index (κ1) is 13.5. The molecule has 90 valence electrons. The molecule has 1 aromatic carbocycles. The van der Waals surface area contributed by atoms with Gasteiger partial charge in [-0.25, -0.2) is 8.42 Å². The molecule has 3 N–H and O–H groups in total. The molecule has 1 rings (SSSR count). The fraction of sp³-hybridized carbons (Fsp3) is 0.400. The van der Waals surface area contributed by atoms with Crippen molar-refractivity contribution in [2.24, 2.45) is 5.73 Å². The lowest BCUT2D eigenvalue weighted by molar-refractivity contribution is 0.597. The molecule has 16 heavy (non-hydrogen) atoms. The zero-order valence-electron chi connectivity index (χ0n) is 8.82. The fourth-order valence-corrected chi connectivity index (χ4v) is 2.63. The summed E-state index contributed by atoms with van der Waals surface area (Å²) >= 11 is 3.29. The summed E-state index contributed by atoms with van der Waals surface area (Å²) in [6.45, 7) is 0.522. The molecule has 0 fully saturated rings. The van der Waals surface area contributed by atoms with E-state index in [-0.39, 0.29) is 5.75 Å². The molecule has 4 nitrogen and oxygen atoms in total. The van der Waals surface area contributed by atoms with Crippen LogP contribution in [0.25, 0.3) is 0 Å². The number of anilines is 1. The third-order valence-corrected chi connectivity index (χ3v) is 3.89. The van der Waals surface area contributed by atoms with E-state index in [1.807, 2.05) is 0 Å². The minimum absolute atomic E-state index is 0.111. The van der Waals surface area contributed by atoms with Crippen LogP contribution >= 0.6 is 15.9 Å². The van der Waals surface area contributed by atoms with Crippen LogP contribution in [-0.4, -0.2) is 20.7 Å². The molecule has 0 unspecified atom stereocenters. The summed E-state index contributed by atoms with van der Waals surface area (Å²) in [5.74, 6) is 0.111. The Bertz CT molecular complexity index is 417. The second kappa shape index (κ2) is 6.22. The molecule has 0 aromatic heterocycles. The van der Waals surface area contributed by atoms with E-state index >= 15 is 0 Å². The van der Waals surface area contributed by atoms with E-state index in [0.29, 0.717) is 18.7 Å². The molecule has 0 radical (unpaired) electrons. The molecule has 6 heteroatoms. The third-order valence-electron chi connectivity index (χ3n) is 1.98.